The molecule has 2 aromatic rings. The first kappa shape index (κ1) is 14.8. The van der Waals surface area contributed by atoms with Gasteiger partial charge in [-0.15, -0.1) is 0 Å². The molecule has 0 aliphatic rings. The summed E-state index contributed by atoms with van der Waals surface area (Å²) < 4.78 is 1.44. The highest BCUT2D eigenvalue weighted by Gasteiger charge is 2.20. The monoisotopic (exact) mass is 310 g/mol. The number of phenols is 1. The fourth-order valence-corrected chi connectivity index (χ4v) is 1.89. The highest BCUT2D eigenvalue weighted by Crippen LogP contribution is 2.29. The van der Waals surface area contributed by atoms with Gasteiger partial charge in [0, 0.05) is 19.2 Å². The van der Waals surface area contributed by atoms with E-state index in [1.54, 1.807) is 14.0 Å². The van der Waals surface area contributed by atoms with E-state index in [0.717, 1.165) is 18.2 Å². The number of carbonyl (C=O) groups is 1. The minimum Gasteiger partial charge on any atom is -0.506 e. The van der Waals surface area contributed by atoms with E-state index < -0.39 is 10.8 Å². The van der Waals surface area contributed by atoms with Gasteiger partial charge < -0.3 is 10.4 Å². The molecule has 0 saturated carbocycles. The number of non-ortho nitro benzene ring substituents is 1. The van der Waals surface area contributed by atoms with Crippen molar-refractivity contribution in [1.29, 1.82) is 0 Å². The van der Waals surface area contributed by atoms with Crippen molar-refractivity contribution in [2.75, 3.05) is 5.32 Å². The summed E-state index contributed by atoms with van der Waals surface area (Å²) in [5.74, 6) is -0.961. The van der Waals surface area contributed by atoms with Gasteiger partial charge in [-0.1, -0.05) is 11.6 Å². The van der Waals surface area contributed by atoms with E-state index in [9.17, 15) is 20.0 Å². The van der Waals surface area contributed by atoms with E-state index >= 15 is 0 Å². The quantitative estimate of drug-likeness (QED) is 0.513. The third-order valence-electron chi connectivity index (χ3n) is 2.92. The van der Waals surface area contributed by atoms with Gasteiger partial charge in [0.25, 0.3) is 11.6 Å². The second kappa shape index (κ2) is 5.41. The number of aromatic nitrogens is 2. The number of anilines is 1. The zero-order valence-electron chi connectivity index (χ0n) is 11.1. The van der Waals surface area contributed by atoms with Crippen molar-refractivity contribution in [2.45, 2.75) is 6.92 Å². The predicted octanol–water partition coefficient (Wildman–Crippen LogP) is 2.25. The van der Waals surface area contributed by atoms with Gasteiger partial charge in [0.05, 0.1) is 21.3 Å². The van der Waals surface area contributed by atoms with Crippen molar-refractivity contribution in [3.63, 3.8) is 0 Å². The standard InChI is InChI=1S/C12H11ClN4O4/c1-6-10(13)11(15-16(6)2)12(19)14-8-5-7(17(20)21)3-4-9(8)18/h3-5,18H,1-2H3,(H,14,19). The summed E-state index contributed by atoms with van der Waals surface area (Å²) in [6.45, 7) is 1.69. The molecule has 0 unspecified atom stereocenters. The molecule has 0 bridgehead atoms. The summed E-state index contributed by atoms with van der Waals surface area (Å²) in [6, 6.07) is 3.30. The highest BCUT2D eigenvalue weighted by molar-refractivity contribution is 6.34. The Hall–Kier alpha value is -2.61. The molecule has 1 aromatic carbocycles. The van der Waals surface area contributed by atoms with E-state index in [-0.39, 0.29) is 27.8 Å². The molecular weight excluding hydrogens is 300 g/mol. The number of nitrogens with one attached hydrogen (secondary N) is 1. The smallest absolute Gasteiger partial charge is 0.277 e. The molecule has 0 spiro atoms. The Labute approximate surface area is 124 Å². The number of hydrogen-bond donors (Lipinski definition) is 2. The van der Waals surface area contributed by atoms with Crippen molar-refractivity contribution in [3.05, 3.63) is 44.7 Å². The first-order chi connectivity index (χ1) is 9.81. The van der Waals surface area contributed by atoms with Crippen molar-refractivity contribution in [2.24, 2.45) is 7.05 Å². The van der Waals surface area contributed by atoms with Crippen LogP contribution >= 0.6 is 11.6 Å². The van der Waals surface area contributed by atoms with Crippen molar-refractivity contribution in [3.8, 4) is 5.75 Å². The second-order valence-electron chi connectivity index (χ2n) is 4.28. The number of benzene rings is 1. The molecule has 0 fully saturated rings. The van der Waals surface area contributed by atoms with Crippen LogP contribution in [0.25, 0.3) is 0 Å². The Kier molecular flexibility index (Phi) is 3.81. The molecule has 0 atom stereocenters. The van der Waals surface area contributed by atoms with Crippen molar-refractivity contribution in [1.82, 2.24) is 9.78 Å². The van der Waals surface area contributed by atoms with Gasteiger partial charge in [0.1, 0.15) is 5.75 Å². The number of carbonyl (C=O) groups excluding carboxylic acids is 1. The summed E-state index contributed by atoms with van der Waals surface area (Å²) in [7, 11) is 1.63. The number of hydrogen-bond acceptors (Lipinski definition) is 5. The van der Waals surface area contributed by atoms with Crippen LogP contribution in [0.5, 0.6) is 5.75 Å². The lowest BCUT2D eigenvalue weighted by Crippen LogP contribution is -2.13. The van der Waals surface area contributed by atoms with Crippen LogP contribution in [0.15, 0.2) is 18.2 Å². The van der Waals surface area contributed by atoms with Crippen LogP contribution in [0.4, 0.5) is 11.4 Å². The van der Waals surface area contributed by atoms with Crippen LogP contribution in [0.2, 0.25) is 5.02 Å². The Balaban J connectivity index is 2.33. The molecule has 0 aliphatic heterocycles. The van der Waals surface area contributed by atoms with Gasteiger partial charge in [0.15, 0.2) is 5.69 Å². The maximum atomic E-state index is 12.1. The number of nitro benzene ring substituents is 1. The van der Waals surface area contributed by atoms with Crippen LogP contribution in [-0.2, 0) is 7.05 Å². The first-order valence-corrected chi connectivity index (χ1v) is 6.17. The molecule has 1 amide bonds. The van der Waals surface area contributed by atoms with Crippen LogP contribution in [-0.4, -0.2) is 25.7 Å². The zero-order chi connectivity index (χ0) is 15.7. The van der Waals surface area contributed by atoms with E-state index in [2.05, 4.69) is 10.4 Å². The number of phenolic OH excluding ortho intramolecular Hbond substituents is 1. The van der Waals surface area contributed by atoms with Gasteiger partial charge in [-0.2, -0.15) is 5.10 Å². The number of amides is 1. The number of rotatable bonds is 3. The molecule has 8 nitrogen and oxygen atoms in total. The van der Waals surface area contributed by atoms with E-state index in [1.807, 2.05) is 0 Å². The van der Waals surface area contributed by atoms with Gasteiger partial charge in [-0.25, -0.2) is 0 Å². The molecule has 9 heteroatoms. The maximum absolute atomic E-state index is 12.1. The Bertz CT molecular complexity index is 741. The number of aryl methyl sites for hydroxylation is 1. The SMILES string of the molecule is Cc1c(Cl)c(C(=O)Nc2cc([N+](=O)[O-])ccc2O)nn1C. The molecule has 0 saturated heterocycles. The van der Waals surface area contributed by atoms with Crippen LogP contribution in [0.3, 0.4) is 0 Å². The van der Waals surface area contributed by atoms with Crippen molar-refractivity contribution < 1.29 is 14.8 Å². The fraction of sp³-hybridized carbons (Fsp3) is 0.167. The molecule has 21 heavy (non-hydrogen) atoms. The minimum atomic E-state index is -0.667. The van der Waals surface area contributed by atoms with Gasteiger partial charge in [0.2, 0.25) is 0 Å². The summed E-state index contributed by atoms with van der Waals surface area (Å²) >= 11 is 5.98. The first-order valence-electron chi connectivity index (χ1n) is 5.79. The second-order valence-corrected chi connectivity index (χ2v) is 4.66. The molecular formula is C12H11ClN4O4. The zero-order valence-corrected chi connectivity index (χ0v) is 11.9. The molecule has 0 aliphatic carbocycles. The average Bonchev–Trinajstić information content (AvgIpc) is 2.68. The number of aromatic hydroxyl groups is 1. The molecule has 110 valence electrons. The summed E-state index contributed by atoms with van der Waals surface area (Å²) in [5, 5.41) is 26.8. The van der Waals surface area contributed by atoms with E-state index in [4.69, 9.17) is 11.6 Å². The minimum absolute atomic E-state index is 0.0254. The lowest BCUT2D eigenvalue weighted by Gasteiger charge is -2.05. The predicted molar refractivity (Wildman–Crippen MR) is 75.7 cm³/mol. The lowest BCUT2D eigenvalue weighted by molar-refractivity contribution is -0.384. The van der Waals surface area contributed by atoms with Crippen LogP contribution in [0.1, 0.15) is 16.2 Å². The molecule has 0 radical (unpaired) electrons. The Morgan fingerprint density at radius 1 is 1.52 bits per heavy atom. The van der Waals surface area contributed by atoms with E-state index in [0.29, 0.717) is 5.69 Å². The summed E-state index contributed by atoms with van der Waals surface area (Å²) in [6.07, 6.45) is 0. The largest absolute Gasteiger partial charge is 0.506 e. The summed E-state index contributed by atoms with van der Waals surface area (Å²) in [5.41, 5.74) is 0.229. The van der Waals surface area contributed by atoms with Crippen LogP contribution < -0.4 is 5.32 Å². The average molecular weight is 311 g/mol. The Morgan fingerprint density at radius 3 is 2.71 bits per heavy atom. The fourth-order valence-electron chi connectivity index (χ4n) is 1.65. The van der Waals surface area contributed by atoms with Gasteiger partial charge in [-0.3, -0.25) is 19.6 Å². The van der Waals surface area contributed by atoms with Gasteiger partial charge in [-0.05, 0) is 13.0 Å². The van der Waals surface area contributed by atoms with Crippen LogP contribution in [0, 0.1) is 17.0 Å². The molecule has 1 heterocycles. The third-order valence-corrected chi connectivity index (χ3v) is 3.37. The summed E-state index contributed by atoms with van der Waals surface area (Å²) in [4.78, 5) is 22.1. The normalized spacial score (nSPS) is 10.4. The van der Waals surface area contributed by atoms with E-state index in [1.165, 1.54) is 4.68 Å². The highest BCUT2D eigenvalue weighted by atomic mass is 35.5. The topological polar surface area (TPSA) is 110 Å². The van der Waals surface area contributed by atoms with Crippen molar-refractivity contribution >= 4 is 28.9 Å². The molecule has 2 rings (SSSR count). The lowest BCUT2D eigenvalue weighted by atomic mass is 10.2. The number of nitro groups is 1. The Morgan fingerprint density at radius 2 is 2.19 bits per heavy atom. The maximum Gasteiger partial charge on any atom is 0.277 e. The van der Waals surface area contributed by atoms with Gasteiger partial charge >= 0.3 is 0 Å². The third kappa shape index (κ3) is 2.79. The number of halogens is 1. The molecule has 2 N–H and O–H groups in total. The number of nitrogens with zero attached hydrogens (tertiary/aromatic N) is 3. The molecule has 1 aromatic heterocycles.